The van der Waals surface area contributed by atoms with E-state index < -0.39 is 29.4 Å². The number of carbonyl (C=O) groups is 2. The number of ketones is 1. The molecule has 0 unspecified atom stereocenters. The van der Waals surface area contributed by atoms with Crippen molar-refractivity contribution in [1.29, 1.82) is 0 Å². The Balaban J connectivity index is 2.10. The summed E-state index contributed by atoms with van der Waals surface area (Å²) in [5.74, 6) is -2.90. The molecule has 28 heavy (non-hydrogen) atoms. The molecule has 4 nitrogen and oxygen atoms in total. The normalized spacial score (nSPS) is 19.1. The summed E-state index contributed by atoms with van der Waals surface area (Å²) < 4.78 is 25.0. The lowest BCUT2D eigenvalue weighted by atomic mass is 9.73. The van der Waals surface area contributed by atoms with E-state index in [-0.39, 0.29) is 23.6 Å². The largest absolute Gasteiger partial charge is 0.497 e. The van der Waals surface area contributed by atoms with Gasteiger partial charge in [-0.1, -0.05) is 29.8 Å². The van der Waals surface area contributed by atoms with Crippen LogP contribution in [0.25, 0.3) is 5.57 Å². The van der Waals surface area contributed by atoms with Crippen LogP contribution in [0.3, 0.4) is 0 Å². The highest BCUT2D eigenvalue weighted by Crippen LogP contribution is 2.43. The molecule has 1 aliphatic carbocycles. The van der Waals surface area contributed by atoms with Gasteiger partial charge in [-0.25, -0.2) is 4.39 Å². The number of hydrogen-bond donors (Lipinski definition) is 0. The monoisotopic (exact) mass is 402 g/mol. The number of allylic oxidation sites excluding steroid dienone is 2. The number of rotatable bonds is 5. The zero-order valence-corrected chi connectivity index (χ0v) is 16.3. The van der Waals surface area contributed by atoms with Crippen LogP contribution < -0.4 is 4.74 Å². The van der Waals surface area contributed by atoms with E-state index >= 15 is 0 Å². The lowest BCUT2D eigenvalue weighted by Gasteiger charge is -2.30. The summed E-state index contributed by atoms with van der Waals surface area (Å²) >= 11 is 6.26. The lowest BCUT2D eigenvalue weighted by Crippen LogP contribution is -2.34. The van der Waals surface area contributed by atoms with Crippen molar-refractivity contribution in [3.8, 4) is 5.75 Å². The zero-order chi connectivity index (χ0) is 20.3. The molecule has 2 aromatic carbocycles. The van der Waals surface area contributed by atoms with Crippen LogP contribution in [0.5, 0.6) is 5.75 Å². The molecule has 1 aliphatic rings. The Morgan fingerprint density at radius 2 is 2.00 bits per heavy atom. The van der Waals surface area contributed by atoms with Crippen molar-refractivity contribution in [2.45, 2.75) is 19.3 Å². The van der Waals surface area contributed by atoms with Gasteiger partial charge in [-0.2, -0.15) is 0 Å². The summed E-state index contributed by atoms with van der Waals surface area (Å²) in [5, 5.41) is 0.180. The first-order valence-corrected chi connectivity index (χ1v) is 9.33. The molecule has 0 heterocycles. The summed E-state index contributed by atoms with van der Waals surface area (Å²) in [6.45, 7) is 1.79. The molecule has 0 bridgehead atoms. The smallest absolute Gasteiger partial charge is 0.317 e. The van der Waals surface area contributed by atoms with Gasteiger partial charge in [0.25, 0.3) is 0 Å². The molecule has 146 valence electrons. The fourth-order valence-electron chi connectivity index (χ4n) is 3.54. The average Bonchev–Trinajstić information content (AvgIpc) is 2.67. The van der Waals surface area contributed by atoms with Crippen LogP contribution in [0, 0.1) is 11.7 Å². The highest BCUT2D eigenvalue weighted by Gasteiger charge is 2.41. The fraction of sp³-hybridized carbons (Fsp3) is 0.273. The van der Waals surface area contributed by atoms with E-state index in [1.807, 2.05) is 12.1 Å². The van der Waals surface area contributed by atoms with Gasteiger partial charge in [0.2, 0.25) is 0 Å². The van der Waals surface area contributed by atoms with E-state index in [1.165, 1.54) is 18.2 Å². The van der Waals surface area contributed by atoms with Crippen molar-refractivity contribution in [2.75, 3.05) is 13.7 Å². The first-order valence-electron chi connectivity index (χ1n) is 8.95. The van der Waals surface area contributed by atoms with E-state index in [1.54, 1.807) is 32.2 Å². The van der Waals surface area contributed by atoms with Crippen molar-refractivity contribution in [2.24, 2.45) is 5.92 Å². The minimum absolute atomic E-state index is 0.132. The molecule has 0 aliphatic heterocycles. The summed E-state index contributed by atoms with van der Waals surface area (Å²) in [6, 6.07) is 11.6. The zero-order valence-electron chi connectivity index (χ0n) is 15.6. The molecule has 0 saturated carbocycles. The predicted molar refractivity (Wildman–Crippen MR) is 105 cm³/mol. The second kappa shape index (κ2) is 8.57. The molecule has 0 aromatic heterocycles. The second-order valence-corrected chi connectivity index (χ2v) is 6.89. The van der Waals surface area contributed by atoms with Gasteiger partial charge in [-0.05, 0) is 54.8 Å². The van der Waals surface area contributed by atoms with Gasteiger partial charge >= 0.3 is 5.97 Å². The molecule has 0 amide bonds. The van der Waals surface area contributed by atoms with E-state index in [0.717, 1.165) is 5.56 Å². The van der Waals surface area contributed by atoms with Crippen molar-refractivity contribution < 1.29 is 23.5 Å². The van der Waals surface area contributed by atoms with Crippen LogP contribution in [0.15, 0.2) is 48.5 Å². The molecular formula is C22H20ClFO4. The number of esters is 1. The Hall–Kier alpha value is -2.66. The van der Waals surface area contributed by atoms with E-state index in [4.69, 9.17) is 21.1 Å². The van der Waals surface area contributed by atoms with Crippen LogP contribution >= 0.6 is 11.6 Å². The highest BCUT2D eigenvalue weighted by atomic mass is 35.5. The Morgan fingerprint density at radius 1 is 1.25 bits per heavy atom. The lowest BCUT2D eigenvalue weighted by molar-refractivity contribution is -0.151. The van der Waals surface area contributed by atoms with Crippen LogP contribution in [-0.4, -0.2) is 25.5 Å². The fourth-order valence-corrected chi connectivity index (χ4v) is 3.85. The first-order chi connectivity index (χ1) is 13.5. The molecular weight excluding hydrogens is 383 g/mol. The van der Waals surface area contributed by atoms with Gasteiger partial charge < -0.3 is 9.47 Å². The van der Waals surface area contributed by atoms with Crippen LogP contribution in [-0.2, 0) is 14.3 Å². The number of hydrogen-bond acceptors (Lipinski definition) is 4. The van der Waals surface area contributed by atoms with Crippen LogP contribution in [0.4, 0.5) is 4.39 Å². The Bertz CT molecular complexity index is 918. The molecule has 0 N–H and O–H groups in total. The van der Waals surface area contributed by atoms with Gasteiger partial charge in [0, 0.05) is 16.5 Å². The number of benzene rings is 2. The minimum atomic E-state index is -1.14. The van der Waals surface area contributed by atoms with Crippen molar-refractivity contribution >= 4 is 28.9 Å². The molecule has 6 heteroatoms. The van der Waals surface area contributed by atoms with Gasteiger partial charge in [0.05, 0.1) is 13.7 Å². The highest BCUT2D eigenvalue weighted by molar-refractivity contribution is 6.31. The Morgan fingerprint density at radius 3 is 2.68 bits per heavy atom. The van der Waals surface area contributed by atoms with Gasteiger partial charge in [-0.3, -0.25) is 9.59 Å². The third-order valence-electron chi connectivity index (χ3n) is 4.82. The molecule has 2 aromatic rings. The summed E-state index contributed by atoms with van der Waals surface area (Å²) in [4.78, 5) is 25.4. The molecule has 0 spiro atoms. The molecule has 0 saturated heterocycles. The van der Waals surface area contributed by atoms with Gasteiger partial charge in [-0.15, -0.1) is 0 Å². The maximum Gasteiger partial charge on any atom is 0.317 e. The van der Waals surface area contributed by atoms with Crippen molar-refractivity contribution in [3.05, 3.63) is 70.5 Å². The standard InChI is InChI=1S/C22H20ClFO4/c1-3-28-22(26)21-16(20-17(23)8-5-9-18(20)24)11-14(12-19(21)25)13-6-4-7-15(10-13)27-2/h4-10,12,16,21H,3,11H2,1-2H3/t16-,21+/m0/s1. The topological polar surface area (TPSA) is 52.6 Å². The van der Waals surface area contributed by atoms with E-state index in [0.29, 0.717) is 11.3 Å². The number of halogens is 2. The maximum absolute atomic E-state index is 14.6. The van der Waals surface area contributed by atoms with Gasteiger partial charge in [0.15, 0.2) is 5.78 Å². The van der Waals surface area contributed by atoms with Crippen LogP contribution in [0.2, 0.25) is 5.02 Å². The first kappa shape index (κ1) is 20.1. The third kappa shape index (κ3) is 3.94. The SMILES string of the molecule is CCOC(=O)[C@H]1C(=O)C=C(c2cccc(OC)c2)C[C@H]1c1c(F)cccc1Cl. The summed E-state index contributed by atoms with van der Waals surface area (Å²) in [7, 11) is 1.55. The summed E-state index contributed by atoms with van der Waals surface area (Å²) in [5.41, 5.74) is 1.62. The quantitative estimate of drug-likeness (QED) is 0.532. The van der Waals surface area contributed by atoms with Crippen molar-refractivity contribution in [1.82, 2.24) is 0 Å². The molecule has 2 atom stereocenters. The average molecular weight is 403 g/mol. The molecule has 3 rings (SSSR count). The number of carbonyl (C=O) groups excluding carboxylic acids is 2. The summed E-state index contributed by atoms with van der Waals surface area (Å²) in [6.07, 6.45) is 1.70. The molecule has 0 fully saturated rings. The number of methoxy groups -OCH3 is 1. The van der Waals surface area contributed by atoms with E-state index in [9.17, 15) is 14.0 Å². The maximum atomic E-state index is 14.6. The Kier molecular flexibility index (Phi) is 6.15. The second-order valence-electron chi connectivity index (χ2n) is 6.48. The third-order valence-corrected chi connectivity index (χ3v) is 5.15. The number of ether oxygens (including phenoxy) is 2. The van der Waals surface area contributed by atoms with Crippen molar-refractivity contribution in [3.63, 3.8) is 0 Å². The predicted octanol–water partition coefficient (Wildman–Crippen LogP) is 4.81. The van der Waals surface area contributed by atoms with Crippen LogP contribution in [0.1, 0.15) is 30.4 Å². The van der Waals surface area contributed by atoms with E-state index in [2.05, 4.69) is 0 Å². The molecule has 0 radical (unpaired) electrons. The minimum Gasteiger partial charge on any atom is -0.497 e. The van der Waals surface area contributed by atoms with Gasteiger partial charge in [0.1, 0.15) is 17.5 Å². The Labute approximate surface area is 167 Å².